The molecule has 100 valence electrons. The zero-order valence-electron chi connectivity index (χ0n) is 11.1. The molecule has 0 radical (unpaired) electrons. The highest BCUT2D eigenvalue weighted by molar-refractivity contribution is 5.57. The maximum Gasteiger partial charge on any atom is 0.159 e. The highest BCUT2D eigenvalue weighted by atomic mass is 16.7. The van der Waals surface area contributed by atoms with Crippen molar-refractivity contribution >= 4 is 5.69 Å². The van der Waals surface area contributed by atoms with Crippen LogP contribution in [0.25, 0.3) is 0 Å². The third-order valence-electron chi connectivity index (χ3n) is 3.09. The number of anilines is 1. The molecule has 4 heteroatoms. The summed E-state index contributed by atoms with van der Waals surface area (Å²) in [5.74, 6) is 0.894. The fourth-order valence-electron chi connectivity index (χ4n) is 2.07. The van der Waals surface area contributed by atoms with Gasteiger partial charge < -0.3 is 19.1 Å². The number of rotatable bonds is 5. The first-order chi connectivity index (χ1) is 8.81. The lowest BCUT2D eigenvalue weighted by atomic mass is 10.2. The summed E-state index contributed by atoms with van der Waals surface area (Å²) in [4.78, 5) is 2.17. The molecule has 1 saturated heterocycles. The summed E-state index contributed by atoms with van der Waals surface area (Å²) in [5.41, 5.74) is 1.09. The summed E-state index contributed by atoms with van der Waals surface area (Å²) in [7, 11) is 3.75. The molecule has 0 spiro atoms. The molecule has 0 amide bonds. The molecule has 1 aromatic rings. The average molecular weight is 251 g/mol. The quantitative estimate of drug-likeness (QED) is 0.803. The van der Waals surface area contributed by atoms with Crippen molar-refractivity contribution in [2.24, 2.45) is 0 Å². The number of hydrogen-bond acceptors (Lipinski definition) is 4. The van der Waals surface area contributed by atoms with E-state index >= 15 is 0 Å². The number of para-hydroxylation sites is 2. The van der Waals surface area contributed by atoms with Gasteiger partial charge in [0.05, 0.1) is 26.0 Å². The maximum absolute atomic E-state index is 5.54. The van der Waals surface area contributed by atoms with E-state index in [-0.39, 0.29) is 6.29 Å². The maximum atomic E-state index is 5.54. The van der Waals surface area contributed by atoms with Crippen LogP contribution in [0.5, 0.6) is 5.75 Å². The van der Waals surface area contributed by atoms with E-state index in [4.69, 9.17) is 14.2 Å². The Morgan fingerprint density at radius 3 is 2.72 bits per heavy atom. The van der Waals surface area contributed by atoms with E-state index in [1.54, 1.807) is 7.11 Å². The summed E-state index contributed by atoms with van der Waals surface area (Å²) in [5, 5.41) is 0. The summed E-state index contributed by atoms with van der Waals surface area (Å²) in [6, 6.07) is 8.02. The number of benzene rings is 1. The summed E-state index contributed by atoms with van der Waals surface area (Å²) < 4.78 is 16.4. The Labute approximate surface area is 108 Å². The lowest BCUT2D eigenvalue weighted by Gasteiger charge is -2.27. The van der Waals surface area contributed by atoms with Crippen LogP contribution in [0.4, 0.5) is 5.69 Å². The van der Waals surface area contributed by atoms with Crippen LogP contribution in [-0.4, -0.2) is 40.2 Å². The van der Waals surface area contributed by atoms with Crippen LogP contribution in [0.2, 0.25) is 0 Å². The second-order valence-corrected chi connectivity index (χ2v) is 4.41. The van der Waals surface area contributed by atoms with Crippen LogP contribution >= 0.6 is 0 Å². The Bertz CT molecular complexity index is 364. The minimum absolute atomic E-state index is 0.0593. The van der Waals surface area contributed by atoms with Gasteiger partial charge in [0.2, 0.25) is 0 Å². The van der Waals surface area contributed by atoms with Gasteiger partial charge in [-0.3, -0.25) is 0 Å². The molecule has 1 fully saturated rings. The van der Waals surface area contributed by atoms with Crippen LogP contribution < -0.4 is 9.64 Å². The molecular formula is C14H21NO3. The highest BCUT2D eigenvalue weighted by Gasteiger charge is 2.15. The lowest BCUT2D eigenvalue weighted by Crippen LogP contribution is -2.30. The second-order valence-electron chi connectivity index (χ2n) is 4.41. The van der Waals surface area contributed by atoms with Crippen molar-refractivity contribution in [3.05, 3.63) is 24.3 Å². The predicted octanol–water partition coefficient (Wildman–Crippen LogP) is 2.28. The molecule has 1 aromatic carbocycles. The minimum atomic E-state index is -0.0593. The molecule has 1 aliphatic heterocycles. The van der Waals surface area contributed by atoms with Gasteiger partial charge in [0.25, 0.3) is 0 Å². The first-order valence-electron chi connectivity index (χ1n) is 6.38. The third-order valence-corrected chi connectivity index (χ3v) is 3.09. The first-order valence-corrected chi connectivity index (χ1v) is 6.38. The van der Waals surface area contributed by atoms with Crippen LogP contribution in [-0.2, 0) is 9.47 Å². The van der Waals surface area contributed by atoms with Crippen molar-refractivity contribution in [3.63, 3.8) is 0 Å². The Morgan fingerprint density at radius 1 is 1.28 bits per heavy atom. The molecule has 0 saturated carbocycles. The molecule has 18 heavy (non-hydrogen) atoms. The van der Waals surface area contributed by atoms with Crippen molar-refractivity contribution in [2.45, 2.75) is 19.1 Å². The molecule has 0 unspecified atom stereocenters. The molecule has 4 nitrogen and oxygen atoms in total. The van der Waals surface area contributed by atoms with E-state index in [1.807, 2.05) is 18.2 Å². The monoisotopic (exact) mass is 251 g/mol. The lowest BCUT2D eigenvalue weighted by molar-refractivity contribution is -0.179. The summed E-state index contributed by atoms with van der Waals surface area (Å²) in [6.45, 7) is 2.50. The first kappa shape index (κ1) is 13.2. The SMILES string of the molecule is COc1ccccc1N(C)CCC1OCCCO1. The van der Waals surface area contributed by atoms with Gasteiger partial charge in [0.15, 0.2) is 6.29 Å². The van der Waals surface area contributed by atoms with E-state index < -0.39 is 0 Å². The van der Waals surface area contributed by atoms with Crippen LogP contribution in [0.1, 0.15) is 12.8 Å². The molecule has 0 aromatic heterocycles. The van der Waals surface area contributed by atoms with Crippen LogP contribution in [0, 0.1) is 0 Å². The normalized spacial score (nSPS) is 16.6. The van der Waals surface area contributed by atoms with Gasteiger partial charge in [-0.05, 0) is 18.6 Å². The van der Waals surface area contributed by atoms with Crippen molar-refractivity contribution in [1.29, 1.82) is 0 Å². The zero-order valence-corrected chi connectivity index (χ0v) is 11.1. The van der Waals surface area contributed by atoms with E-state index in [1.165, 1.54) is 0 Å². The topological polar surface area (TPSA) is 30.9 Å². The number of methoxy groups -OCH3 is 1. The standard InChI is InChI=1S/C14H21NO3/c1-15(9-8-14-17-10-5-11-18-14)12-6-3-4-7-13(12)16-2/h3-4,6-7,14H,5,8-11H2,1-2H3. The van der Waals surface area contributed by atoms with E-state index in [0.29, 0.717) is 0 Å². The summed E-state index contributed by atoms with van der Waals surface area (Å²) in [6.07, 6.45) is 1.81. The van der Waals surface area contributed by atoms with Crippen molar-refractivity contribution < 1.29 is 14.2 Å². The molecular weight excluding hydrogens is 230 g/mol. The third kappa shape index (κ3) is 3.37. The molecule has 0 atom stereocenters. The van der Waals surface area contributed by atoms with Gasteiger partial charge in [-0.1, -0.05) is 12.1 Å². The van der Waals surface area contributed by atoms with Gasteiger partial charge in [0, 0.05) is 20.0 Å². The van der Waals surface area contributed by atoms with Gasteiger partial charge in [-0.25, -0.2) is 0 Å². The molecule has 0 bridgehead atoms. The fourth-order valence-corrected chi connectivity index (χ4v) is 2.07. The van der Waals surface area contributed by atoms with Gasteiger partial charge in [-0.2, -0.15) is 0 Å². The minimum Gasteiger partial charge on any atom is -0.495 e. The molecule has 0 N–H and O–H groups in total. The Kier molecular flexibility index (Phi) is 4.84. The second kappa shape index (κ2) is 6.61. The number of hydrogen-bond donors (Lipinski definition) is 0. The summed E-state index contributed by atoms with van der Waals surface area (Å²) >= 11 is 0. The predicted molar refractivity (Wildman–Crippen MR) is 71.2 cm³/mol. The molecule has 1 heterocycles. The zero-order chi connectivity index (χ0) is 12.8. The van der Waals surface area contributed by atoms with E-state index in [9.17, 15) is 0 Å². The molecule has 0 aliphatic carbocycles. The Hall–Kier alpha value is -1.26. The smallest absolute Gasteiger partial charge is 0.159 e. The van der Waals surface area contributed by atoms with Gasteiger partial charge >= 0.3 is 0 Å². The largest absolute Gasteiger partial charge is 0.495 e. The van der Waals surface area contributed by atoms with Crippen LogP contribution in [0.3, 0.4) is 0 Å². The number of nitrogens with zero attached hydrogens (tertiary/aromatic N) is 1. The molecule has 1 aliphatic rings. The van der Waals surface area contributed by atoms with Gasteiger partial charge in [-0.15, -0.1) is 0 Å². The Balaban J connectivity index is 1.88. The average Bonchev–Trinajstić information content (AvgIpc) is 2.45. The highest BCUT2D eigenvalue weighted by Crippen LogP contribution is 2.26. The van der Waals surface area contributed by atoms with Crippen molar-refractivity contribution in [3.8, 4) is 5.75 Å². The molecule has 2 rings (SSSR count). The Morgan fingerprint density at radius 2 is 2.00 bits per heavy atom. The number of ether oxygens (including phenoxy) is 3. The van der Waals surface area contributed by atoms with Crippen molar-refractivity contribution in [1.82, 2.24) is 0 Å². The van der Waals surface area contributed by atoms with Crippen molar-refractivity contribution in [2.75, 3.05) is 38.8 Å². The van der Waals surface area contributed by atoms with Crippen LogP contribution in [0.15, 0.2) is 24.3 Å². The van der Waals surface area contributed by atoms with E-state index in [0.717, 1.165) is 44.0 Å². The van der Waals surface area contributed by atoms with Gasteiger partial charge in [0.1, 0.15) is 5.75 Å². The van der Waals surface area contributed by atoms with E-state index in [2.05, 4.69) is 18.0 Å². The fraction of sp³-hybridized carbons (Fsp3) is 0.571.